The maximum absolute atomic E-state index is 12.6. The summed E-state index contributed by atoms with van der Waals surface area (Å²) in [5.74, 6) is -0.275. The highest BCUT2D eigenvalue weighted by atomic mass is 19.4. The van der Waals surface area contributed by atoms with Crippen LogP contribution < -0.4 is 10.6 Å². The molecule has 1 heterocycles. The van der Waals surface area contributed by atoms with E-state index in [1.807, 2.05) is 6.07 Å². The second kappa shape index (κ2) is 7.08. The van der Waals surface area contributed by atoms with Crippen LogP contribution in [0.5, 0.6) is 0 Å². The molecule has 1 aromatic heterocycles. The molecule has 0 fully saturated rings. The second-order valence-corrected chi connectivity index (χ2v) is 4.72. The predicted octanol–water partition coefficient (Wildman–Crippen LogP) is 2.51. The Morgan fingerprint density at radius 3 is 2.74 bits per heavy atom. The van der Waals surface area contributed by atoms with Gasteiger partial charge in [-0.1, -0.05) is 12.1 Å². The molecule has 0 aliphatic heterocycles. The highest BCUT2D eigenvalue weighted by Gasteiger charge is 2.32. The van der Waals surface area contributed by atoms with E-state index in [4.69, 9.17) is 0 Å². The lowest BCUT2D eigenvalue weighted by atomic mass is 10.1. The Morgan fingerprint density at radius 1 is 1.26 bits per heavy atom. The van der Waals surface area contributed by atoms with Gasteiger partial charge in [0.2, 0.25) is 5.95 Å². The molecule has 0 atom stereocenters. The van der Waals surface area contributed by atoms with E-state index in [-0.39, 0.29) is 11.9 Å². The Labute approximate surface area is 131 Å². The van der Waals surface area contributed by atoms with Gasteiger partial charge in [-0.2, -0.15) is 13.2 Å². The number of nitrogens with one attached hydrogen (secondary N) is 2. The summed E-state index contributed by atoms with van der Waals surface area (Å²) in [6, 6.07) is 7.82. The van der Waals surface area contributed by atoms with Crippen LogP contribution in [0.2, 0.25) is 0 Å². The largest absolute Gasteiger partial charge is 0.433 e. The minimum absolute atomic E-state index is 0.0812. The third-order valence-corrected chi connectivity index (χ3v) is 3.06. The molecule has 2 aromatic rings. The van der Waals surface area contributed by atoms with Crippen molar-refractivity contribution in [1.82, 2.24) is 15.3 Å². The summed E-state index contributed by atoms with van der Waals surface area (Å²) in [5, 5.41) is 5.28. The first-order valence-corrected chi connectivity index (χ1v) is 6.85. The number of anilines is 1. The topological polar surface area (TPSA) is 66.9 Å². The molecule has 0 aliphatic rings. The molecule has 8 heteroatoms. The van der Waals surface area contributed by atoms with Crippen molar-refractivity contribution < 1.29 is 18.0 Å². The van der Waals surface area contributed by atoms with E-state index in [1.165, 1.54) is 0 Å². The number of nitrogens with zero attached hydrogens (tertiary/aromatic N) is 2. The van der Waals surface area contributed by atoms with Gasteiger partial charge in [-0.3, -0.25) is 4.79 Å². The number of carbonyl (C=O) groups is 1. The van der Waals surface area contributed by atoms with Crippen LogP contribution in [0.3, 0.4) is 0 Å². The number of hydrogen-bond acceptors (Lipinski definition) is 4. The lowest BCUT2D eigenvalue weighted by molar-refractivity contribution is -0.141. The van der Waals surface area contributed by atoms with Crippen molar-refractivity contribution in [3.8, 4) is 0 Å². The molecular formula is C15H15F3N4O. The summed E-state index contributed by atoms with van der Waals surface area (Å²) >= 11 is 0. The zero-order valence-corrected chi connectivity index (χ0v) is 12.3. The summed E-state index contributed by atoms with van der Waals surface area (Å²) in [7, 11) is 1.54. The van der Waals surface area contributed by atoms with Gasteiger partial charge >= 0.3 is 6.18 Å². The van der Waals surface area contributed by atoms with Gasteiger partial charge in [0.1, 0.15) is 5.69 Å². The van der Waals surface area contributed by atoms with E-state index in [0.717, 1.165) is 17.8 Å². The van der Waals surface area contributed by atoms with Gasteiger partial charge in [0, 0.05) is 25.4 Å². The lowest BCUT2D eigenvalue weighted by Gasteiger charge is -2.09. The number of rotatable bonds is 5. The number of alkyl halides is 3. The van der Waals surface area contributed by atoms with Crippen LogP contribution in [-0.2, 0) is 12.6 Å². The number of carbonyl (C=O) groups excluding carboxylic acids is 1. The van der Waals surface area contributed by atoms with E-state index >= 15 is 0 Å². The molecule has 122 valence electrons. The fourth-order valence-electron chi connectivity index (χ4n) is 1.93. The number of benzene rings is 1. The average molecular weight is 324 g/mol. The third-order valence-electron chi connectivity index (χ3n) is 3.06. The summed E-state index contributed by atoms with van der Waals surface area (Å²) in [5.41, 5.74) is 0.419. The molecule has 0 saturated carbocycles. The van der Waals surface area contributed by atoms with E-state index in [0.29, 0.717) is 18.5 Å². The highest BCUT2D eigenvalue weighted by molar-refractivity contribution is 5.94. The molecule has 2 rings (SSSR count). The Balaban J connectivity index is 1.96. The molecule has 0 aliphatic carbocycles. The van der Waals surface area contributed by atoms with E-state index in [2.05, 4.69) is 20.6 Å². The van der Waals surface area contributed by atoms with Crippen LogP contribution in [0.4, 0.5) is 19.1 Å². The van der Waals surface area contributed by atoms with Crippen molar-refractivity contribution in [1.29, 1.82) is 0 Å². The SMILES string of the molecule is CNC(=O)c1cccc(CCNc2nccc(C(F)(F)F)n2)c1. The Morgan fingerprint density at radius 2 is 2.04 bits per heavy atom. The predicted molar refractivity (Wildman–Crippen MR) is 79.1 cm³/mol. The van der Waals surface area contributed by atoms with Gasteiger partial charge in [-0.05, 0) is 30.2 Å². The highest BCUT2D eigenvalue weighted by Crippen LogP contribution is 2.27. The van der Waals surface area contributed by atoms with Gasteiger partial charge in [-0.25, -0.2) is 9.97 Å². The van der Waals surface area contributed by atoms with Gasteiger partial charge in [-0.15, -0.1) is 0 Å². The number of aromatic nitrogens is 2. The number of hydrogen-bond donors (Lipinski definition) is 2. The van der Waals surface area contributed by atoms with Gasteiger partial charge in [0.25, 0.3) is 5.91 Å². The summed E-state index contributed by atoms with van der Waals surface area (Å²) in [6.07, 6.45) is -2.92. The summed E-state index contributed by atoms with van der Waals surface area (Å²) in [6.45, 7) is 0.346. The van der Waals surface area contributed by atoms with Crippen molar-refractivity contribution in [3.05, 3.63) is 53.3 Å². The normalized spacial score (nSPS) is 11.1. The number of halogens is 3. The van der Waals surface area contributed by atoms with E-state index in [9.17, 15) is 18.0 Å². The molecule has 5 nitrogen and oxygen atoms in total. The van der Waals surface area contributed by atoms with Crippen LogP contribution in [0.1, 0.15) is 21.6 Å². The van der Waals surface area contributed by atoms with E-state index < -0.39 is 11.9 Å². The zero-order chi connectivity index (χ0) is 16.9. The smallest absolute Gasteiger partial charge is 0.355 e. The average Bonchev–Trinajstić information content (AvgIpc) is 2.54. The third kappa shape index (κ3) is 4.67. The first kappa shape index (κ1) is 16.7. The van der Waals surface area contributed by atoms with Gasteiger partial charge in [0.05, 0.1) is 0 Å². The molecule has 0 bridgehead atoms. The minimum Gasteiger partial charge on any atom is -0.355 e. The maximum atomic E-state index is 12.6. The van der Waals surface area contributed by atoms with Crippen molar-refractivity contribution in [2.45, 2.75) is 12.6 Å². The van der Waals surface area contributed by atoms with Crippen LogP contribution in [0.25, 0.3) is 0 Å². The van der Waals surface area contributed by atoms with Crippen molar-refractivity contribution in [2.24, 2.45) is 0 Å². The molecular weight excluding hydrogens is 309 g/mol. The first-order valence-electron chi connectivity index (χ1n) is 6.85. The molecule has 0 unspecified atom stereocenters. The van der Waals surface area contributed by atoms with Crippen molar-refractivity contribution >= 4 is 11.9 Å². The van der Waals surface area contributed by atoms with Crippen molar-refractivity contribution in [3.63, 3.8) is 0 Å². The monoisotopic (exact) mass is 324 g/mol. The Kier molecular flexibility index (Phi) is 5.15. The quantitative estimate of drug-likeness (QED) is 0.887. The van der Waals surface area contributed by atoms with Crippen LogP contribution in [-0.4, -0.2) is 29.5 Å². The summed E-state index contributed by atoms with van der Waals surface area (Å²) in [4.78, 5) is 18.7. The Bertz CT molecular complexity index is 688. The molecule has 1 aromatic carbocycles. The molecule has 23 heavy (non-hydrogen) atoms. The molecule has 0 spiro atoms. The maximum Gasteiger partial charge on any atom is 0.433 e. The fourth-order valence-corrected chi connectivity index (χ4v) is 1.93. The molecule has 0 radical (unpaired) electrons. The first-order chi connectivity index (χ1) is 10.9. The van der Waals surface area contributed by atoms with E-state index in [1.54, 1.807) is 25.2 Å². The van der Waals surface area contributed by atoms with Crippen LogP contribution in [0, 0.1) is 0 Å². The zero-order valence-electron chi connectivity index (χ0n) is 12.3. The molecule has 1 amide bonds. The van der Waals surface area contributed by atoms with Crippen LogP contribution >= 0.6 is 0 Å². The van der Waals surface area contributed by atoms with Gasteiger partial charge in [0.15, 0.2) is 0 Å². The van der Waals surface area contributed by atoms with Crippen LogP contribution in [0.15, 0.2) is 36.5 Å². The lowest BCUT2D eigenvalue weighted by Crippen LogP contribution is -2.18. The standard InChI is InChI=1S/C15H15F3N4O/c1-19-13(23)11-4-2-3-10(9-11)5-7-20-14-21-8-6-12(22-14)15(16,17)18/h2-4,6,8-9H,5,7H2,1H3,(H,19,23)(H,20,21,22). The van der Waals surface area contributed by atoms with Gasteiger partial charge < -0.3 is 10.6 Å². The molecule has 2 N–H and O–H groups in total. The number of amides is 1. The summed E-state index contributed by atoms with van der Waals surface area (Å²) < 4.78 is 37.7. The minimum atomic E-state index is -4.50. The fraction of sp³-hybridized carbons (Fsp3) is 0.267. The van der Waals surface area contributed by atoms with Crippen molar-refractivity contribution in [2.75, 3.05) is 18.9 Å². The Hall–Kier alpha value is -2.64. The second-order valence-electron chi connectivity index (χ2n) is 4.72. The molecule has 0 saturated heterocycles.